The number of fused-ring (bicyclic) bond motifs is 2. The highest BCUT2D eigenvalue weighted by atomic mass is 32.1. The summed E-state index contributed by atoms with van der Waals surface area (Å²) in [6.07, 6.45) is 0.872. The number of para-hydroxylation sites is 2. The van der Waals surface area contributed by atoms with Gasteiger partial charge >= 0.3 is 0 Å². The standard InChI is InChI=1S/C21H21N3OS/c1-14-16-8-3-6-11-19(16)26-20(14)21(25)22-12-7-13-24-15(2)23-17-9-4-5-10-18(17)24/h3-6,8-11H,7,12-13H2,1-2H3,(H,22,25). The highest BCUT2D eigenvalue weighted by Gasteiger charge is 2.14. The summed E-state index contributed by atoms with van der Waals surface area (Å²) >= 11 is 1.56. The molecule has 2 heterocycles. The van der Waals surface area contributed by atoms with Crippen LogP contribution in [0, 0.1) is 13.8 Å². The molecule has 0 aliphatic carbocycles. The Morgan fingerprint density at radius 2 is 1.88 bits per heavy atom. The highest BCUT2D eigenvalue weighted by molar-refractivity contribution is 7.21. The molecule has 4 aromatic rings. The van der Waals surface area contributed by atoms with E-state index in [9.17, 15) is 4.79 Å². The molecule has 0 saturated heterocycles. The molecule has 0 saturated carbocycles. The molecule has 0 radical (unpaired) electrons. The minimum absolute atomic E-state index is 0.0240. The zero-order chi connectivity index (χ0) is 18.1. The Morgan fingerprint density at radius 3 is 2.73 bits per heavy atom. The van der Waals surface area contributed by atoms with E-state index in [1.165, 1.54) is 5.39 Å². The second kappa shape index (κ2) is 6.92. The predicted molar refractivity (Wildman–Crippen MR) is 108 cm³/mol. The van der Waals surface area contributed by atoms with Gasteiger partial charge in [-0.25, -0.2) is 4.98 Å². The van der Waals surface area contributed by atoms with Crippen molar-refractivity contribution < 1.29 is 4.79 Å². The Labute approximate surface area is 156 Å². The van der Waals surface area contributed by atoms with E-state index < -0.39 is 0 Å². The quantitative estimate of drug-likeness (QED) is 0.523. The van der Waals surface area contributed by atoms with E-state index >= 15 is 0 Å². The summed E-state index contributed by atoms with van der Waals surface area (Å²) in [6.45, 7) is 5.55. The average molecular weight is 363 g/mol. The van der Waals surface area contributed by atoms with Gasteiger partial charge in [-0.3, -0.25) is 4.79 Å². The first kappa shape index (κ1) is 16.8. The molecule has 0 spiro atoms. The van der Waals surface area contributed by atoms with E-state index in [2.05, 4.69) is 33.1 Å². The van der Waals surface area contributed by atoms with Crippen LogP contribution in [0.1, 0.15) is 27.5 Å². The average Bonchev–Trinajstić information content (AvgIpc) is 3.16. The van der Waals surface area contributed by atoms with Crippen molar-refractivity contribution in [2.45, 2.75) is 26.8 Å². The minimum atomic E-state index is 0.0240. The van der Waals surface area contributed by atoms with E-state index in [-0.39, 0.29) is 5.91 Å². The second-order valence-corrected chi connectivity index (χ2v) is 7.51. The van der Waals surface area contributed by atoms with Gasteiger partial charge < -0.3 is 9.88 Å². The number of aromatic nitrogens is 2. The van der Waals surface area contributed by atoms with E-state index in [0.717, 1.165) is 45.0 Å². The van der Waals surface area contributed by atoms with Crippen molar-refractivity contribution in [1.82, 2.24) is 14.9 Å². The first-order chi connectivity index (χ1) is 12.6. The maximum Gasteiger partial charge on any atom is 0.261 e. The SMILES string of the molecule is Cc1c(C(=O)NCCCn2c(C)nc3ccccc32)sc2ccccc12. The van der Waals surface area contributed by atoms with Gasteiger partial charge in [-0.05, 0) is 49.4 Å². The molecule has 0 aliphatic heterocycles. The summed E-state index contributed by atoms with van der Waals surface area (Å²) in [6, 6.07) is 16.3. The maximum atomic E-state index is 12.6. The lowest BCUT2D eigenvalue weighted by Crippen LogP contribution is -2.25. The topological polar surface area (TPSA) is 46.9 Å². The molecular weight excluding hydrogens is 342 g/mol. The number of thiophene rings is 1. The molecule has 26 heavy (non-hydrogen) atoms. The molecule has 132 valence electrons. The third-order valence-corrected chi connectivity index (χ3v) is 6.01. The summed E-state index contributed by atoms with van der Waals surface area (Å²) in [5.74, 6) is 1.04. The van der Waals surface area contributed by atoms with Crippen LogP contribution in [0.25, 0.3) is 21.1 Å². The number of imidazole rings is 1. The Balaban J connectivity index is 1.40. The maximum absolute atomic E-state index is 12.6. The molecule has 0 bridgehead atoms. The molecule has 4 rings (SSSR count). The van der Waals surface area contributed by atoms with Crippen LogP contribution >= 0.6 is 11.3 Å². The monoisotopic (exact) mass is 363 g/mol. The summed E-state index contributed by atoms with van der Waals surface area (Å²) in [5.41, 5.74) is 3.24. The number of benzene rings is 2. The number of carbonyl (C=O) groups excluding carboxylic acids is 1. The largest absolute Gasteiger partial charge is 0.351 e. The zero-order valence-electron chi connectivity index (χ0n) is 15.0. The van der Waals surface area contributed by atoms with Gasteiger partial charge in [0, 0.05) is 17.8 Å². The van der Waals surface area contributed by atoms with Crippen molar-refractivity contribution in [2.24, 2.45) is 0 Å². The van der Waals surface area contributed by atoms with Crippen LogP contribution in [0.3, 0.4) is 0 Å². The fourth-order valence-corrected chi connectivity index (χ4v) is 4.51. The van der Waals surface area contributed by atoms with Gasteiger partial charge in [-0.2, -0.15) is 0 Å². The molecule has 0 unspecified atom stereocenters. The third kappa shape index (κ3) is 2.99. The van der Waals surface area contributed by atoms with Crippen LogP contribution in [-0.4, -0.2) is 22.0 Å². The van der Waals surface area contributed by atoms with Crippen LogP contribution in [0.15, 0.2) is 48.5 Å². The first-order valence-electron chi connectivity index (χ1n) is 8.83. The number of carbonyl (C=O) groups is 1. The van der Waals surface area contributed by atoms with Crippen LogP contribution in [0.4, 0.5) is 0 Å². The van der Waals surface area contributed by atoms with Crippen molar-refractivity contribution in [3.63, 3.8) is 0 Å². The number of amides is 1. The molecule has 0 atom stereocenters. The zero-order valence-corrected chi connectivity index (χ0v) is 15.8. The van der Waals surface area contributed by atoms with Gasteiger partial charge in [0.15, 0.2) is 0 Å². The van der Waals surface area contributed by atoms with Crippen LogP contribution in [-0.2, 0) is 6.54 Å². The lowest BCUT2D eigenvalue weighted by molar-refractivity contribution is 0.0956. The molecule has 0 aliphatic rings. The van der Waals surface area contributed by atoms with Gasteiger partial charge in [0.25, 0.3) is 5.91 Å². The van der Waals surface area contributed by atoms with Gasteiger partial charge in [-0.1, -0.05) is 30.3 Å². The number of nitrogens with zero attached hydrogens (tertiary/aromatic N) is 2. The molecule has 1 N–H and O–H groups in total. The number of aryl methyl sites for hydroxylation is 3. The summed E-state index contributed by atoms with van der Waals surface area (Å²) in [5, 5.41) is 4.24. The van der Waals surface area contributed by atoms with Gasteiger partial charge in [0.2, 0.25) is 0 Å². The van der Waals surface area contributed by atoms with Crippen molar-refractivity contribution in [3.05, 3.63) is 64.8 Å². The molecule has 2 aromatic heterocycles. The van der Waals surface area contributed by atoms with E-state index in [1.54, 1.807) is 11.3 Å². The van der Waals surface area contributed by atoms with Gasteiger partial charge in [-0.15, -0.1) is 11.3 Å². The molecule has 2 aromatic carbocycles. The van der Waals surface area contributed by atoms with Gasteiger partial charge in [0.1, 0.15) is 5.82 Å². The third-order valence-electron chi connectivity index (χ3n) is 4.74. The molecule has 0 fully saturated rings. The van der Waals surface area contributed by atoms with Crippen molar-refractivity contribution in [1.29, 1.82) is 0 Å². The predicted octanol–water partition coefficient (Wildman–Crippen LogP) is 4.69. The van der Waals surface area contributed by atoms with Crippen LogP contribution in [0.2, 0.25) is 0 Å². The van der Waals surface area contributed by atoms with E-state index in [4.69, 9.17) is 0 Å². The second-order valence-electron chi connectivity index (χ2n) is 6.46. The van der Waals surface area contributed by atoms with E-state index in [0.29, 0.717) is 6.54 Å². The summed E-state index contributed by atoms with van der Waals surface area (Å²) in [7, 11) is 0. The van der Waals surface area contributed by atoms with Crippen LogP contribution in [0.5, 0.6) is 0 Å². The number of nitrogens with one attached hydrogen (secondary N) is 1. The fourth-order valence-electron chi connectivity index (χ4n) is 3.39. The Hall–Kier alpha value is -2.66. The van der Waals surface area contributed by atoms with Gasteiger partial charge in [0.05, 0.1) is 15.9 Å². The molecule has 4 nitrogen and oxygen atoms in total. The number of hydrogen-bond acceptors (Lipinski definition) is 3. The lowest BCUT2D eigenvalue weighted by Gasteiger charge is -2.08. The van der Waals surface area contributed by atoms with Crippen LogP contribution < -0.4 is 5.32 Å². The first-order valence-corrected chi connectivity index (χ1v) is 9.65. The minimum Gasteiger partial charge on any atom is -0.351 e. The Bertz CT molecular complexity index is 1090. The highest BCUT2D eigenvalue weighted by Crippen LogP contribution is 2.30. The summed E-state index contributed by atoms with van der Waals surface area (Å²) in [4.78, 5) is 18.0. The Kier molecular flexibility index (Phi) is 4.47. The smallest absolute Gasteiger partial charge is 0.261 e. The Morgan fingerprint density at radius 1 is 1.12 bits per heavy atom. The lowest BCUT2D eigenvalue weighted by atomic mass is 10.1. The molecular formula is C21H21N3OS. The number of hydrogen-bond donors (Lipinski definition) is 1. The van der Waals surface area contributed by atoms with Crippen molar-refractivity contribution in [2.75, 3.05) is 6.54 Å². The van der Waals surface area contributed by atoms with Crippen molar-refractivity contribution >= 4 is 38.4 Å². The molecule has 1 amide bonds. The normalized spacial score (nSPS) is 11.3. The number of rotatable bonds is 5. The fraction of sp³-hybridized carbons (Fsp3) is 0.238. The molecule has 5 heteroatoms. The van der Waals surface area contributed by atoms with E-state index in [1.807, 2.05) is 44.2 Å². The summed E-state index contributed by atoms with van der Waals surface area (Å²) < 4.78 is 3.38. The van der Waals surface area contributed by atoms with Crippen molar-refractivity contribution in [3.8, 4) is 0 Å².